The number of hydrogen-bond donors (Lipinski definition) is 1. The van der Waals surface area contributed by atoms with Crippen molar-refractivity contribution in [1.82, 2.24) is 0 Å². The summed E-state index contributed by atoms with van der Waals surface area (Å²) >= 11 is 3.37. The van der Waals surface area contributed by atoms with E-state index in [2.05, 4.69) is 21.2 Å². The number of para-hydroxylation sites is 1. The zero-order valence-corrected chi connectivity index (χ0v) is 12.3. The van der Waals surface area contributed by atoms with Crippen LogP contribution in [0.2, 0.25) is 0 Å². The quantitative estimate of drug-likeness (QED) is 0.928. The maximum absolute atomic E-state index is 12.1. The van der Waals surface area contributed by atoms with E-state index in [1.54, 1.807) is 25.3 Å². The fourth-order valence-electron chi connectivity index (χ4n) is 1.72. The van der Waals surface area contributed by atoms with E-state index in [0.717, 1.165) is 15.7 Å². The smallest absolute Gasteiger partial charge is 0.255 e. The van der Waals surface area contributed by atoms with Crippen LogP contribution in [0.15, 0.2) is 46.9 Å². The Morgan fingerprint density at radius 3 is 2.58 bits per heavy atom. The van der Waals surface area contributed by atoms with Crippen LogP contribution in [0.25, 0.3) is 0 Å². The van der Waals surface area contributed by atoms with E-state index in [-0.39, 0.29) is 5.91 Å². The molecule has 0 bridgehead atoms. The highest BCUT2D eigenvalue weighted by Crippen LogP contribution is 2.26. The number of methoxy groups -OCH3 is 1. The van der Waals surface area contributed by atoms with Crippen molar-refractivity contribution in [2.45, 2.75) is 6.92 Å². The first kappa shape index (κ1) is 13.6. The SMILES string of the molecule is COc1ccc(C(=O)Nc2ccccc2C)cc1Br. The lowest BCUT2D eigenvalue weighted by atomic mass is 10.1. The first-order chi connectivity index (χ1) is 9.11. The zero-order valence-electron chi connectivity index (χ0n) is 10.7. The van der Waals surface area contributed by atoms with Gasteiger partial charge < -0.3 is 10.1 Å². The molecule has 1 amide bonds. The minimum absolute atomic E-state index is 0.141. The number of anilines is 1. The molecule has 0 aliphatic rings. The summed E-state index contributed by atoms with van der Waals surface area (Å²) in [5, 5.41) is 2.89. The first-order valence-corrected chi connectivity index (χ1v) is 6.61. The maximum atomic E-state index is 12.1. The van der Waals surface area contributed by atoms with Crippen molar-refractivity contribution in [2.75, 3.05) is 12.4 Å². The third kappa shape index (κ3) is 3.15. The van der Waals surface area contributed by atoms with Crippen molar-refractivity contribution >= 4 is 27.5 Å². The highest BCUT2D eigenvalue weighted by atomic mass is 79.9. The monoisotopic (exact) mass is 319 g/mol. The largest absolute Gasteiger partial charge is 0.496 e. The summed E-state index contributed by atoms with van der Waals surface area (Å²) in [6.45, 7) is 1.96. The fourth-order valence-corrected chi connectivity index (χ4v) is 2.26. The number of benzene rings is 2. The first-order valence-electron chi connectivity index (χ1n) is 5.82. The number of carbonyl (C=O) groups excluding carboxylic acids is 1. The highest BCUT2D eigenvalue weighted by Gasteiger charge is 2.09. The average molecular weight is 320 g/mol. The summed E-state index contributed by atoms with van der Waals surface area (Å²) in [4.78, 5) is 12.1. The molecular formula is C15H14BrNO2. The molecule has 0 saturated carbocycles. The molecule has 0 aliphatic carbocycles. The van der Waals surface area contributed by atoms with Crippen LogP contribution in [0.1, 0.15) is 15.9 Å². The number of halogens is 1. The molecule has 0 heterocycles. The molecule has 0 atom stereocenters. The summed E-state index contributed by atoms with van der Waals surface area (Å²) in [5.41, 5.74) is 2.43. The molecule has 0 unspecified atom stereocenters. The van der Waals surface area contributed by atoms with E-state index in [4.69, 9.17) is 4.74 Å². The standard InChI is InChI=1S/C15H14BrNO2/c1-10-5-3-4-6-13(10)17-15(18)11-7-8-14(19-2)12(16)9-11/h3-9H,1-2H3,(H,17,18). The third-order valence-electron chi connectivity index (χ3n) is 2.81. The van der Waals surface area contributed by atoms with Crippen molar-refractivity contribution in [2.24, 2.45) is 0 Å². The van der Waals surface area contributed by atoms with Crippen LogP contribution < -0.4 is 10.1 Å². The topological polar surface area (TPSA) is 38.3 Å². The molecule has 2 aromatic carbocycles. The molecule has 3 nitrogen and oxygen atoms in total. The van der Waals surface area contributed by atoms with Gasteiger partial charge in [-0.25, -0.2) is 0 Å². The lowest BCUT2D eigenvalue weighted by Crippen LogP contribution is -2.12. The van der Waals surface area contributed by atoms with Gasteiger partial charge in [0.1, 0.15) is 5.75 Å². The summed E-state index contributed by atoms with van der Waals surface area (Å²) < 4.78 is 5.90. The lowest BCUT2D eigenvalue weighted by Gasteiger charge is -2.09. The molecular weight excluding hydrogens is 306 g/mol. The molecule has 2 aromatic rings. The van der Waals surface area contributed by atoms with Gasteiger partial charge in [-0.2, -0.15) is 0 Å². The molecule has 0 spiro atoms. The van der Waals surface area contributed by atoms with Crippen LogP contribution in [-0.2, 0) is 0 Å². The molecule has 1 N–H and O–H groups in total. The van der Waals surface area contributed by atoms with Crippen LogP contribution >= 0.6 is 15.9 Å². The Balaban J connectivity index is 2.21. The number of carbonyl (C=O) groups is 1. The Hall–Kier alpha value is -1.81. The maximum Gasteiger partial charge on any atom is 0.255 e. The van der Waals surface area contributed by atoms with Crippen LogP contribution in [0.4, 0.5) is 5.69 Å². The normalized spacial score (nSPS) is 10.1. The molecule has 2 rings (SSSR count). The summed E-state index contributed by atoms with van der Waals surface area (Å²) in [7, 11) is 1.59. The Morgan fingerprint density at radius 1 is 1.21 bits per heavy atom. The lowest BCUT2D eigenvalue weighted by molar-refractivity contribution is 0.102. The van der Waals surface area contributed by atoms with Gasteiger partial charge in [0.25, 0.3) is 5.91 Å². The van der Waals surface area contributed by atoms with Gasteiger partial charge >= 0.3 is 0 Å². The van der Waals surface area contributed by atoms with Crippen LogP contribution in [-0.4, -0.2) is 13.0 Å². The van der Waals surface area contributed by atoms with E-state index >= 15 is 0 Å². The Labute approximate surface area is 120 Å². The Kier molecular flexibility index (Phi) is 4.22. The number of amides is 1. The second-order valence-electron chi connectivity index (χ2n) is 4.12. The van der Waals surface area contributed by atoms with Crippen molar-refractivity contribution in [3.05, 3.63) is 58.1 Å². The second-order valence-corrected chi connectivity index (χ2v) is 4.97. The van der Waals surface area contributed by atoms with E-state index in [1.165, 1.54) is 0 Å². The molecule has 0 saturated heterocycles. The Bertz CT molecular complexity index is 611. The number of aryl methyl sites for hydroxylation is 1. The van der Waals surface area contributed by atoms with Crippen molar-refractivity contribution < 1.29 is 9.53 Å². The molecule has 4 heteroatoms. The zero-order chi connectivity index (χ0) is 13.8. The average Bonchev–Trinajstić information content (AvgIpc) is 2.41. The van der Waals surface area contributed by atoms with Gasteiger partial charge in [0, 0.05) is 11.3 Å². The predicted molar refractivity (Wildman–Crippen MR) is 79.8 cm³/mol. The van der Waals surface area contributed by atoms with E-state index in [9.17, 15) is 4.79 Å². The molecule has 0 aromatic heterocycles. The van der Waals surface area contributed by atoms with Gasteiger partial charge in [0.2, 0.25) is 0 Å². The van der Waals surface area contributed by atoms with Crippen LogP contribution in [0, 0.1) is 6.92 Å². The molecule has 19 heavy (non-hydrogen) atoms. The van der Waals surface area contributed by atoms with Crippen LogP contribution in [0.3, 0.4) is 0 Å². The van der Waals surface area contributed by atoms with E-state index in [1.807, 2.05) is 31.2 Å². The molecule has 0 aliphatic heterocycles. The minimum Gasteiger partial charge on any atom is -0.496 e. The number of nitrogens with one attached hydrogen (secondary N) is 1. The fraction of sp³-hybridized carbons (Fsp3) is 0.133. The number of ether oxygens (including phenoxy) is 1. The Morgan fingerprint density at radius 2 is 1.95 bits per heavy atom. The summed E-state index contributed by atoms with van der Waals surface area (Å²) in [6, 6.07) is 12.9. The predicted octanol–water partition coefficient (Wildman–Crippen LogP) is 4.02. The van der Waals surface area contributed by atoms with E-state index < -0.39 is 0 Å². The van der Waals surface area contributed by atoms with Crippen molar-refractivity contribution in [3.63, 3.8) is 0 Å². The molecule has 0 radical (unpaired) electrons. The van der Waals surface area contributed by atoms with Gasteiger partial charge in [0.15, 0.2) is 0 Å². The molecule has 0 fully saturated rings. The van der Waals surface area contributed by atoms with Gasteiger partial charge in [-0.1, -0.05) is 18.2 Å². The van der Waals surface area contributed by atoms with E-state index in [0.29, 0.717) is 11.3 Å². The summed E-state index contributed by atoms with van der Waals surface area (Å²) in [5.74, 6) is 0.560. The highest BCUT2D eigenvalue weighted by molar-refractivity contribution is 9.10. The molecule has 98 valence electrons. The summed E-state index contributed by atoms with van der Waals surface area (Å²) in [6.07, 6.45) is 0. The van der Waals surface area contributed by atoms with Gasteiger partial charge in [-0.15, -0.1) is 0 Å². The number of hydrogen-bond acceptors (Lipinski definition) is 2. The van der Waals surface area contributed by atoms with Gasteiger partial charge in [0.05, 0.1) is 11.6 Å². The third-order valence-corrected chi connectivity index (χ3v) is 3.43. The number of rotatable bonds is 3. The van der Waals surface area contributed by atoms with Crippen molar-refractivity contribution in [1.29, 1.82) is 0 Å². The van der Waals surface area contributed by atoms with Gasteiger partial charge in [-0.05, 0) is 52.7 Å². The second kappa shape index (κ2) is 5.89. The minimum atomic E-state index is -0.141. The van der Waals surface area contributed by atoms with Crippen LogP contribution in [0.5, 0.6) is 5.75 Å². The van der Waals surface area contributed by atoms with Crippen molar-refractivity contribution in [3.8, 4) is 5.75 Å². The van der Waals surface area contributed by atoms with Gasteiger partial charge in [-0.3, -0.25) is 4.79 Å².